The SMILES string of the molecule is O=C1S/C(=C\c2cccc(F)c2)C(=O)N1Cc1cccc2ccccc12. The number of carbonyl (C=O) groups excluding carboxylic acids is 2. The summed E-state index contributed by atoms with van der Waals surface area (Å²) >= 11 is 0.883. The molecule has 0 spiro atoms. The van der Waals surface area contributed by atoms with Crippen LogP contribution in [0.3, 0.4) is 0 Å². The minimum Gasteiger partial charge on any atom is -0.268 e. The van der Waals surface area contributed by atoms with E-state index < -0.39 is 0 Å². The molecule has 2 amide bonds. The highest BCUT2D eigenvalue weighted by Gasteiger charge is 2.35. The monoisotopic (exact) mass is 363 g/mol. The minimum atomic E-state index is -0.381. The van der Waals surface area contributed by atoms with Gasteiger partial charge in [-0.25, -0.2) is 4.39 Å². The Hall–Kier alpha value is -2.92. The first-order valence-electron chi connectivity index (χ1n) is 8.09. The normalized spacial score (nSPS) is 16.0. The van der Waals surface area contributed by atoms with E-state index >= 15 is 0 Å². The number of imide groups is 1. The van der Waals surface area contributed by atoms with Crippen LogP contribution in [-0.2, 0) is 11.3 Å². The lowest BCUT2D eigenvalue weighted by Crippen LogP contribution is -2.27. The van der Waals surface area contributed by atoms with Gasteiger partial charge in [-0.3, -0.25) is 14.5 Å². The van der Waals surface area contributed by atoms with Crippen molar-refractivity contribution in [3.05, 3.63) is 88.6 Å². The van der Waals surface area contributed by atoms with Crippen LogP contribution in [0.4, 0.5) is 9.18 Å². The Labute approximate surface area is 154 Å². The van der Waals surface area contributed by atoms with E-state index in [9.17, 15) is 14.0 Å². The van der Waals surface area contributed by atoms with E-state index in [-0.39, 0.29) is 23.5 Å². The Bertz CT molecular complexity index is 1060. The zero-order chi connectivity index (χ0) is 18.1. The fourth-order valence-electron chi connectivity index (χ4n) is 2.98. The summed E-state index contributed by atoms with van der Waals surface area (Å²) in [5.41, 5.74) is 1.47. The molecule has 0 bridgehead atoms. The lowest BCUT2D eigenvalue weighted by molar-refractivity contribution is -0.123. The number of thioether (sulfide) groups is 1. The summed E-state index contributed by atoms with van der Waals surface area (Å²) in [5, 5.41) is 1.76. The molecule has 1 fully saturated rings. The van der Waals surface area contributed by atoms with Crippen molar-refractivity contribution < 1.29 is 14.0 Å². The average molecular weight is 363 g/mol. The van der Waals surface area contributed by atoms with Gasteiger partial charge in [0, 0.05) is 0 Å². The maximum absolute atomic E-state index is 13.3. The Morgan fingerprint density at radius 3 is 2.58 bits per heavy atom. The van der Waals surface area contributed by atoms with Crippen molar-refractivity contribution in [2.24, 2.45) is 0 Å². The van der Waals surface area contributed by atoms with E-state index in [4.69, 9.17) is 0 Å². The third kappa shape index (κ3) is 3.13. The standard InChI is InChI=1S/C21H14FNO2S/c22-17-9-3-5-14(11-17)12-19-20(24)23(21(25)26-19)13-16-8-4-7-15-6-1-2-10-18(15)16/h1-12H,13H2/b19-12-. The second-order valence-electron chi connectivity index (χ2n) is 5.96. The van der Waals surface area contributed by atoms with Crippen LogP contribution < -0.4 is 0 Å². The van der Waals surface area contributed by atoms with Crippen LogP contribution in [0.1, 0.15) is 11.1 Å². The molecule has 1 aliphatic heterocycles. The van der Waals surface area contributed by atoms with Gasteiger partial charge in [0.25, 0.3) is 11.1 Å². The van der Waals surface area contributed by atoms with Crippen molar-refractivity contribution in [2.75, 3.05) is 0 Å². The second kappa shape index (κ2) is 6.77. The van der Waals surface area contributed by atoms with Crippen molar-refractivity contribution in [3.63, 3.8) is 0 Å². The number of amides is 2. The van der Waals surface area contributed by atoms with E-state index in [1.165, 1.54) is 17.0 Å². The van der Waals surface area contributed by atoms with Crippen LogP contribution in [0.15, 0.2) is 71.6 Å². The van der Waals surface area contributed by atoms with Gasteiger partial charge in [0.05, 0.1) is 11.4 Å². The number of benzene rings is 3. The molecule has 0 aliphatic carbocycles. The molecule has 26 heavy (non-hydrogen) atoms. The highest BCUT2D eigenvalue weighted by atomic mass is 32.2. The van der Waals surface area contributed by atoms with E-state index in [1.807, 2.05) is 42.5 Å². The van der Waals surface area contributed by atoms with Crippen molar-refractivity contribution in [3.8, 4) is 0 Å². The van der Waals surface area contributed by atoms with Gasteiger partial charge >= 0.3 is 0 Å². The number of nitrogens with zero attached hydrogens (tertiary/aromatic N) is 1. The van der Waals surface area contributed by atoms with E-state index in [1.54, 1.807) is 18.2 Å². The van der Waals surface area contributed by atoms with Gasteiger partial charge in [-0.2, -0.15) is 0 Å². The topological polar surface area (TPSA) is 37.4 Å². The van der Waals surface area contributed by atoms with Crippen LogP contribution in [0.5, 0.6) is 0 Å². The third-order valence-corrected chi connectivity index (χ3v) is 5.14. The van der Waals surface area contributed by atoms with Gasteiger partial charge in [-0.1, -0.05) is 54.6 Å². The maximum atomic E-state index is 13.3. The van der Waals surface area contributed by atoms with Crippen LogP contribution in [-0.4, -0.2) is 16.0 Å². The van der Waals surface area contributed by atoms with Gasteiger partial charge in [-0.15, -0.1) is 0 Å². The summed E-state index contributed by atoms with van der Waals surface area (Å²) in [7, 11) is 0. The van der Waals surface area contributed by atoms with Crippen LogP contribution in [0.25, 0.3) is 16.8 Å². The van der Waals surface area contributed by atoms with E-state index in [0.717, 1.165) is 28.1 Å². The molecule has 0 aromatic heterocycles. The van der Waals surface area contributed by atoms with Gasteiger partial charge in [0.2, 0.25) is 0 Å². The van der Waals surface area contributed by atoms with Crippen LogP contribution in [0, 0.1) is 5.82 Å². The highest BCUT2D eigenvalue weighted by Crippen LogP contribution is 2.34. The molecule has 0 unspecified atom stereocenters. The molecule has 0 saturated carbocycles. The van der Waals surface area contributed by atoms with E-state index in [0.29, 0.717) is 10.5 Å². The predicted octanol–water partition coefficient (Wildman–Crippen LogP) is 5.22. The summed E-state index contributed by atoms with van der Waals surface area (Å²) in [4.78, 5) is 26.6. The number of halogens is 1. The summed E-state index contributed by atoms with van der Waals surface area (Å²) in [5.74, 6) is -0.731. The predicted molar refractivity (Wildman–Crippen MR) is 102 cm³/mol. The Morgan fingerprint density at radius 1 is 0.962 bits per heavy atom. The number of hydrogen-bond donors (Lipinski definition) is 0. The highest BCUT2D eigenvalue weighted by molar-refractivity contribution is 8.18. The van der Waals surface area contributed by atoms with Crippen molar-refractivity contribution in [1.29, 1.82) is 0 Å². The maximum Gasteiger partial charge on any atom is 0.293 e. The van der Waals surface area contributed by atoms with Crippen molar-refractivity contribution >= 4 is 39.8 Å². The summed E-state index contributed by atoms with van der Waals surface area (Å²) in [6.45, 7) is 0.215. The third-order valence-electron chi connectivity index (χ3n) is 4.23. The second-order valence-corrected chi connectivity index (χ2v) is 6.95. The fourth-order valence-corrected chi connectivity index (χ4v) is 3.82. The molecule has 1 heterocycles. The Morgan fingerprint density at radius 2 is 1.73 bits per heavy atom. The zero-order valence-corrected chi connectivity index (χ0v) is 14.5. The fraction of sp³-hybridized carbons (Fsp3) is 0.0476. The molecule has 0 atom stereocenters. The molecular weight excluding hydrogens is 349 g/mol. The Kier molecular flexibility index (Phi) is 4.31. The van der Waals surface area contributed by atoms with Crippen LogP contribution in [0.2, 0.25) is 0 Å². The minimum absolute atomic E-state index is 0.215. The largest absolute Gasteiger partial charge is 0.293 e. The molecule has 1 aliphatic rings. The van der Waals surface area contributed by atoms with E-state index in [2.05, 4.69) is 0 Å². The van der Waals surface area contributed by atoms with Crippen LogP contribution >= 0.6 is 11.8 Å². The average Bonchev–Trinajstić information content (AvgIpc) is 2.89. The quantitative estimate of drug-likeness (QED) is 0.599. The van der Waals surface area contributed by atoms with Gasteiger partial charge in [-0.05, 0) is 51.9 Å². The first-order valence-corrected chi connectivity index (χ1v) is 8.91. The van der Waals surface area contributed by atoms with Gasteiger partial charge in [0.1, 0.15) is 5.82 Å². The van der Waals surface area contributed by atoms with Crippen molar-refractivity contribution in [2.45, 2.75) is 6.54 Å². The summed E-state index contributed by atoms with van der Waals surface area (Å²) in [6.07, 6.45) is 1.55. The number of carbonyl (C=O) groups is 2. The first-order chi connectivity index (χ1) is 12.6. The Balaban J connectivity index is 1.63. The molecule has 0 radical (unpaired) electrons. The summed E-state index contributed by atoms with van der Waals surface area (Å²) < 4.78 is 13.3. The molecule has 1 saturated heterocycles. The first kappa shape index (κ1) is 16.5. The molecule has 3 aromatic carbocycles. The number of hydrogen-bond acceptors (Lipinski definition) is 3. The molecule has 5 heteroatoms. The molecule has 3 aromatic rings. The smallest absolute Gasteiger partial charge is 0.268 e. The lowest BCUT2D eigenvalue weighted by Gasteiger charge is -2.14. The summed E-state index contributed by atoms with van der Waals surface area (Å²) in [6, 6.07) is 19.6. The van der Waals surface area contributed by atoms with Gasteiger partial charge in [0.15, 0.2) is 0 Å². The molecule has 4 rings (SSSR count). The molecular formula is C21H14FNO2S. The van der Waals surface area contributed by atoms with Gasteiger partial charge < -0.3 is 0 Å². The van der Waals surface area contributed by atoms with Crippen molar-refractivity contribution in [1.82, 2.24) is 4.90 Å². The number of rotatable bonds is 3. The zero-order valence-electron chi connectivity index (χ0n) is 13.7. The molecule has 3 nitrogen and oxygen atoms in total. The molecule has 0 N–H and O–H groups in total. The number of fused-ring (bicyclic) bond motifs is 1. The lowest BCUT2D eigenvalue weighted by atomic mass is 10.0. The molecule has 128 valence electrons.